The van der Waals surface area contributed by atoms with Gasteiger partial charge in [0.05, 0.1) is 6.04 Å². The van der Waals surface area contributed by atoms with Crippen LogP contribution in [0.25, 0.3) is 11.0 Å². The van der Waals surface area contributed by atoms with Crippen LogP contribution < -0.4 is 25.6 Å². The number of benzene rings is 2. The SMILES string of the molecule is c1ccc2c(c1)OCC(CCNCC1CNNC1c1cc3ccccc3o1)O2. The van der Waals surface area contributed by atoms with Gasteiger partial charge >= 0.3 is 0 Å². The predicted octanol–water partition coefficient (Wildman–Crippen LogP) is 3.02. The summed E-state index contributed by atoms with van der Waals surface area (Å²) in [6.07, 6.45) is 1.01. The Kier molecular flexibility index (Phi) is 4.91. The number of ether oxygens (including phenoxy) is 2. The molecule has 2 aliphatic heterocycles. The average Bonchev–Trinajstić information content (AvgIpc) is 3.37. The molecule has 28 heavy (non-hydrogen) atoms. The molecule has 3 atom stereocenters. The van der Waals surface area contributed by atoms with Crippen molar-refractivity contribution in [2.75, 3.05) is 26.2 Å². The van der Waals surface area contributed by atoms with Gasteiger partial charge in [-0.2, -0.15) is 0 Å². The first-order valence-corrected chi connectivity index (χ1v) is 9.93. The summed E-state index contributed by atoms with van der Waals surface area (Å²) in [6.45, 7) is 3.31. The van der Waals surface area contributed by atoms with Gasteiger partial charge in [0, 0.05) is 30.8 Å². The van der Waals surface area contributed by atoms with E-state index < -0.39 is 0 Å². The molecule has 2 aromatic carbocycles. The van der Waals surface area contributed by atoms with Crippen molar-refractivity contribution in [3.8, 4) is 11.5 Å². The lowest BCUT2D eigenvalue weighted by molar-refractivity contribution is 0.0847. The van der Waals surface area contributed by atoms with E-state index in [4.69, 9.17) is 13.9 Å². The molecule has 146 valence electrons. The maximum atomic E-state index is 6.05. The number of hydrogen-bond donors (Lipinski definition) is 3. The Morgan fingerprint density at radius 3 is 2.82 bits per heavy atom. The Labute approximate surface area is 164 Å². The van der Waals surface area contributed by atoms with Crippen molar-refractivity contribution < 1.29 is 13.9 Å². The maximum absolute atomic E-state index is 6.05. The minimum absolute atomic E-state index is 0.0911. The third-order valence-corrected chi connectivity index (χ3v) is 5.46. The summed E-state index contributed by atoms with van der Waals surface area (Å²) in [5.41, 5.74) is 7.57. The van der Waals surface area contributed by atoms with E-state index in [0.29, 0.717) is 12.5 Å². The van der Waals surface area contributed by atoms with Crippen LogP contribution in [0.4, 0.5) is 0 Å². The van der Waals surface area contributed by atoms with E-state index in [-0.39, 0.29) is 12.1 Å². The Hall–Kier alpha value is -2.54. The zero-order valence-electron chi connectivity index (χ0n) is 15.7. The third-order valence-electron chi connectivity index (χ3n) is 5.46. The lowest BCUT2D eigenvalue weighted by Gasteiger charge is -2.26. The van der Waals surface area contributed by atoms with E-state index in [0.717, 1.165) is 54.3 Å². The van der Waals surface area contributed by atoms with Crippen LogP contribution in [-0.4, -0.2) is 32.3 Å². The summed E-state index contributed by atoms with van der Waals surface area (Å²) in [5.74, 6) is 3.08. The number of rotatable bonds is 6. The molecule has 6 heteroatoms. The van der Waals surface area contributed by atoms with Crippen molar-refractivity contribution in [3.05, 3.63) is 60.4 Å². The average molecular weight is 379 g/mol. The number of hydrazine groups is 1. The van der Waals surface area contributed by atoms with Gasteiger partial charge in [-0.05, 0) is 30.8 Å². The smallest absolute Gasteiger partial charge is 0.161 e. The Balaban J connectivity index is 1.13. The van der Waals surface area contributed by atoms with Gasteiger partial charge in [-0.25, -0.2) is 5.43 Å². The zero-order chi connectivity index (χ0) is 18.8. The van der Waals surface area contributed by atoms with Crippen LogP contribution in [0, 0.1) is 5.92 Å². The molecule has 3 heterocycles. The summed E-state index contributed by atoms with van der Waals surface area (Å²) in [6, 6.07) is 18.3. The molecule has 1 saturated heterocycles. The summed E-state index contributed by atoms with van der Waals surface area (Å²) in [7, 11) is 0. The first-order valence-electron chi connectivity index (χ1n) is 9.93. The Morgan fingerprint density at radius 1 is 1.04 bits per heavy atom. The van der Waals surface area contributed by atoms with E-state index >= 15 is 0 Å². The zero-order valence-corrected chi connectivity index (χ0v) is 15.7. The standard InChI is InChI=1S/C22H25N3O3/c1-2-6-18-15(5-1)11-21(28-18)22-16(13-24-25-22)12-23-10-9-17-14-26-19-7-3-4-8-20(19)27-17/h1-8,11,16-17,22-25H,9-10,12-14H2. The highest BCUT2D eigenvalue weighted by Crippen LogP contribution is 2.32. The van der Waals surface area contributed by atoms with Gasteiger partial charge in [-0.3, -0.25) is 5.43 Å². The first-order chi connectivity index (χ1) is 13.9. The van der Waals surface area contributed by atoms with Crippen LogP contribution in [0.3, 0.4) is 0 Å². The lowest BCUT2D eigenvalue weighted by atomic mass is 9.99. The molecule has 1 fully saturated rings. The highest BCUT2D eigenvalue weighted by molar-refractivity contribution is 5.77. The summed E-state index contributed by atoms with van der Waals surface area (Å²) >= 11 is 0. The third kappa shape index (κ3) is 3.58. The molecule has 0 aliphatic carbocycles. The second kappa shape index (κ2) is 7.83. The Morgan fingerprint density at radius 2 is 1.89 bits per heavy atom. The molecular weight excluding hydrogens is 354 g/mol. The van der Waals surface area contributed by atoms with Crippen molar-refractivity contribution in [1.82, 2.24) is 16.2 Å². The van der Waals surface area contributed by atoms with Gasteiger partial charge in [0.25, 0.3) is 0 Å². The molecule has 6 nitrogen and oxygen atoms in total. The highest BCUT2D eigenvalue weighted by Gasteiger charge is 2.30. The molecule has 2 aliphatic rings. The summed E-state index contributed by atoms with van der Waals surface area (Å²) in [4.78, 5) is 0. The van der Waals surface area contributed by atoms with Crippen molar-refractivity contribution in [2.45, 2.75) is 18.6 Å². The molecule has 5 rings (SSSR count). The highest BCUT2D eigenvalue weighted by atomic mass is 16.6. The monoisotopic (exact) mass is 379 g/mol. The summed E-state index contributed by atoms with van der Waals surface area (Å²) in [5, 5.41) is 4.72. The van der Waals surface area contributed by atoms with Crippen LogP contribution in [0.1, 0.15) is 18.2 Å². The topological polar surface area (TPSA) is 67.7 Å². The van der Waals surface area contributed by atoms with Gasteiger partial charge in [0.15, 0.2) is 11.5 Å². The first kappa shape index (κ1) is 17.6. The minimum atomic E-state index is 0.0911. The van der Waals surface area contributed by atoms with Crippen LogP contribution >= 0.6 is 0 Å². The number of hydrogen-bond acceptors (Lipinski definition) is 6. The van der Waals surface area contributed by atoms with E-state index in [1.807, 2.05) is 42.5 Å². The van der Waals surface area contributed by atoms with Crippen LogP contribution in [0.5, 0.6) is 11.5 Å². The molecule has 3 unspecified atom stereocenters. The quantitative estimate of drug-likeness (QED) is 0.572. The number of nitrogens with one attached hydrogen (secondary N) is 3. The molecule has 3 N–H and O–H groups in total. The van der Waals surface area contributed by atoms with Gasteiger partial charge in [-0.1, -0.05) is 30.3 Å². The fourth-order valence-electron chi connectivity index (χ4n) is 3.94. The van der Waals surface area contributed by atoms with E-state index in [2.05, 4.69) is 28.3 Å². The fourth-order valence-corrected chi connectivity index (χ4v) is 3.94. The number of fused-ring (bicyclic) bond motifs is 2. The second-order valence-electron chi connectivity index (χ2n) is 7.44. The lowest BCUT2D eigenvalue weighted by Crippen LogP contribution is -2.34. The van der Waals surface area contributed by atoms with Crippen molar-refractivity contribution in [3.63, 3.8) is 0 Å². The number of furan rings is 1. The van der Waals surface area contributed by atoms with Crippen molar-refractivity contribution >= 4 is 11.0 Å². The molecular formula is C22H25N3O3. The van der Waals surface area contributed by atoms with E-state index in [1.54, 1.807) is 0 Å². The molecule has 1 aromatic heterocycles. The number of para-hydroxylation sites is 3. The fraction of sp³-hybridized carbons (Fsp3) is 0.364. The molecule has 0 radical (unpaired) electrons. The van der Waals surface area contributed by atoms with Crippen LogP contribution in [-0.2, 0) is 0 Å². The van der Waals surface area contributed by atoms with E-state index in [1.165, 1.54) is 0 Å². The largest absolute Gasteiger partial charge is 0.486 e. The van der Waals surface area contributed by atoms with Crippen LogP contribution in [0.2, 0.25) is 0 Å². The minimum Gasteiger partial charge on any atom is -0.486 e. The van der Waals surface area contributed by atoms with Crippen molar-refractivity contribution in [1.29, 1.82) is 0 Å². The molecule has 0 saturated carbocycles. The van der Waals surface area contributed by atoms with Crippen LogP contribution in [0.15, 0.2) is 59.0 Å². The van der Waals surface area contributed by atoms with Gasteiger partial charge in [0.1, 0.15) is 24.1 Å². The van der Waals surface area contributed by atoms with Gasteiger partial charge in [0.2, 0.25) is 0 Å². The molecule has 0 bridgehead atoms. The second-order valence-corrected chi connectivity index (χ2v) is 7.44. The molecule has 0 spiro atoms. The van der Waals surface area contributed by atoms with Crippen molar-refractivity contribution in [2.24, 2.45) is 5.92 Å². The predicted molar refractivity (Wildman–Crippen MR) is 107 cm³/mol. The Bertz CT molecular complexity index is 908. The maximum Gasteiger partial charge on any atom is 0.161 e. The normalized spacial score (nSPS) is 23.9. The van der Waals surface area contributed by atoms with Gasteiger partial charge < -0.3 is 19.2 Å². The summed E-state index contributed by atoms with van der Waals surface area (Å²) < 4.78 is 17.9. The van der Waals surface area contributed by atoms with E-state index in [9.17, 15) is 0 Å². The molecule has 3 aromatic rings. The van der Waals surface area contributed by atoms with Gasteiger partial charge in [-0.15, -0.1) is 0 Å². The molecule has 0 amide bonds.